The maximum absolute atomic E-state index is 12.7. The van der Waals surface area contributed by atoms with Gasteiger partial charge < -0.3 is 55.5 Å². The van der Waals surface area contributed by atoms with Crippen molar-refractivity contribution in [2.45, 2.75) is 55.7 Å². The quantitative estimate of drug-likeness (QED) is 0.108. The van der Waals surface area contributed by atoms with Gasteiger partial charge in [-0.3, -0.25) is 9.59 Å². The Morgan fingerprint density at radius 3 is 2.15 bits per heavy atom. The molecule has 7 N–H and O–H groups in total. The number of rotatable bonds is 13. The van der Waals surface area contributed by atoms with E-state index in [-0.39, 0.29) is 18.8 Å². The number of carboxylic acid groups (broad SMARTS) is 1. The lowest BCUT2D eigenvalue weighted by Crippen LogP contribution is -2.70. The van der Waals surface area contributed by atoms with Crippen molar-refractivity contribution in [2.24, 2.45) is 0 Å². The predicted octanol–water partition coefficient (Wildman–Crippen LogP) is -1.29. The first-order valence-electron chi connectivity index (χ1n) is 14.6. The van der Waals surface area contributed by atoms with Gasteiger partial charge >= 0.3 is 0 Å². The van der Waals surface area contributed by atoms with E-state index in [4.69, 9.17) is 15.9 Å². The maximum Gasteiger partial charge on any atom is 0.246 e. The summed E-state index contributed by atoms with van der Waals surface area (Å²) in [6.07, 6.45) is -2.70. The number of amides is 2. The fourth-order valence-electron chi connectivity index (χ4n) is 5.11. The topological polar surface area (TPSA) is 218 Å². The van der Waals surface area contributed by atoms with Gasteiger partial charge in [-0.2, -0.15) is 0 Å². The smallest absolute Gasteiger partial charge is 0.246 e. The second-order valence-corrected chi connectivity index (χ2v) is 11.1. The second-order valence-electron chi connectivity index (χ2n) is 11.1. The van der Waals surface area contributed by atoms with E-state index in [0.29, 0.717) is 16.7 Å². The highest BCUT2D eigenvalue weighted by Gasteiger charge is 2.52. The number of benzene rings is 3. The third kappa shape index (κ3) is 8.93. The van der Waals surface area contributed by atoms with E-state index in [9.17, 15) is 45.0 Å². The lowest BCUT2D eigenvalue weighted by molar-refractivity contribution is -0.383. The number of aliphatic carboxylic acids is 1. The Labute approximate surface area is 270 Å². The first-order valence-corrected chi connectivity index (χ1v) is 14.6. The molecule has 4 rings (SSSR count). The number of hydrogen-bond donors (Lipinski definition) is 7. The maximum atomic E-state index is 12.7. The van der Waals surface area contributed by atoms with Crippen molar-refractivity contribution in [3.63, 3.8) is 0 Å². The van der Waals surface area contributed by atoms with Crippen LogP contribution in [0, 0.1) is 12.3 Å². The lowest BCUT2D eigenvalue weighted by Gasteiger charge is -2.49. The molecule has 0 bridgehead atoms. The number of carbonyl (C=O) groups excluding carboxylic acids is 3. The molecular formula is C34H35N2O11-. The van der Waals surface area contributed by atoms with Crippen molar-refractivity contribution < 1.29 is 54.5 Å². The van der Waals surface area contributed by atoms with Crippen LogP contribution in [0.2, 0.25) is 0 Å². The molecular weight excluding hydrogens is 612 g/mol. The Balaban J connectivity index is 1.43. The third-order valence-electron chi connectivity index (χ3n) is 7.71. The fourth-order valence-corrected chi connectivity index (χ4v) is 5.11. The van der Waals surface area contributed by atoms with Crippen molar-refractivity contribution in [1.29, 1.82) is 0 Å². The summed E-state index contributed by atoms with van der Waals surface area (Å²) < 4.78 is 11.2. The SMILES string of the molecule is C#Cc1ccc(CO[C@]2(C(=O)[O-])C[C@H](O)[C@@H](NC(=O)CO)[C@H]([C@H](O)[C@H](O)CNC(=O)Cc3ccc(-c4ccc(O)cc4)cc3)O2)cc1. The summed E-state index contributed by atoms with van der Waals surface area (Å²) in [4.78, 5) is 37.0. The van der Waals surface area contributed by atoms with Gasteiger partial charge in [-0.25, -0.2) is 0 Å². The molecule has 13 heteroatoms. The van der Waals surface area contributed by atoms with Crippen molar-refractivity contribution in [1.82, 2.24) is 10.6 Å². The van der Waals surface area contributed by atoms with Gasteiger partial charge in [0.15, 0.2) is 0 Å². The molecule has 13 nitrogen and oxygen atoms in total. The number of carbonyl (C=O) groups is 3. The average molecular weight is 648 g/mol. The highest BCUT2D eigenvalue weighted by Crippen LogP contribution is 2.34. The molecule has 0 spiro atoms. The van der Waals surface area contributed by atoms with Crippen molar-refractivity contribution in [3.8, 4) is 29.2 Å². The summed E-state index contributed by atoms with van der Waals surface area (Å²) in [6, 6.07) is 18.6. The van der Waals surface area contributed by atoms with Gasteiger partial charge in [0.05, 0.1) is 31.3 Å². The molecule has 1 saturated heterocycles. The Kier molecular flexibility index (Phi) is 11.7. The van der Waals surface area contributed by atoms with Crippen LogP contribution in [0.1, 0.15) is 23.1 Å². The molecule has 0 unspecified atom stereocenters. The first kappa shape index (κ1) is 35.1. The first-order chi connectivity index (χ1) is 22.4. The van der Waals surface area contributed by atoms with Crippen molar-refractivity contribution >= 4 is 17.8 Å². The van der Waals surface area contributed by atoms with Crippen LogP contribution in [-0.2, 0) is 36.9 Å². The van der Waals surface area contributed by atoms with Crippen LogP contribution < -0.4 is 15.7 Å². The van der Waals surface area contributed by atoms with Crippen LogP contribution in [-0.4, -0.2) is 92.7 Å². The van der Waals surface area contributed by atoms with Gasteiger partial charge in [-0.05, 0) is 46.5 Å². The number of aliphatic hydroxyl groups is 4. The molecule has 2 amide bonds. The van der Waals surface area contributed by atoms with E-state index >= 15 is 0 Å². The summed E-state index contributed by atoms with van der Waals surface area (Å²) in [6.45, 7) is -1.84. The molecule has 3 aromatic rings. The molecule has 1 aliphatic heterocycles. The van der Waals surface area contributed by atoms with Gasteiger partial charge in [0.2, 0.25) is 17.6 Å². The van der Waals surface area contributed by atoms with E-state index in [0.717, 1.165) is 11.1 Å². The number of phenols is 1. The molecule has 1 fully saturated rings. The molecule has 6 atom stereocenters. The van der Waals surface area contributed by atoms with Gasteiger partial charge in [-0.15, -0.1) is 6.42 Å². The van der Waals surface area contributed by atoms with Crippen LogP contribution in [0.15, 0.2) is 72.8 Å². The largest absolute Gasteiger partial charge is 0.544 e. The Bertz CT molecular complexity index is 1570. The molecule has 1 heterocycles. The number of aliphatic hydroxyl groups excluding tert-OH is 4. The van der Waals surface area contributed by atoms with Gasteiger partial charge in [0.1, 0.15) is 30.5 Å². The molecule has 3 aromatic carbocycles. The summed E-state index contributed by atoms with van der Waals surface area (Å²) in [7, 11) is 0. The molecule has 0 radical (unpaired) electrons. The third-order valence-corrected chi connectivity index (χ3v) is 7.71. The number of aromatic hydroxyl groups is 1. The fraction of sp³-hybridized carbons (Fsp3) is 0.324. The van der Waals surface area contributed by atoms with E-state index in [2.05, 4.69) is 16.6 Å². The van der Waals surface area contributed by atoms with Crippen molar-refractivity contribution in [3.05, 3.63) is 89.5 Å². The summed E-state index contributed by atoms with van der Waals surface area (Å²) in [5, 5.41) is 68.6. The number of ether oxygens (including phenoxy) is 2. The summed E-state index contributed by atoms with van der Waals surface area (Å²) in [5.74, 6) is -3.40. The molecule has 1 aliphatic rings. The van der Waals surface area contributed by atoms with Crippen LogP contribution in [0.5, 0.6) is 5.75 Å². The zero-order valence-corrected chi connectivity index (χ0v) is 25.1. The van der Waals surface area contributed by atoms with Gasteiger partial charge in [0.25, 0.3) is 0 Å². The number of nitrogens with one attached hydrogen (secondary N) is 2. The zero-order chi connectivity index (χ0) is 34.1. The van der Waals surface area contributed by atoms with E-state index in [1.54, 1.807) is 72.8 Å². The van der Waals surface area contributed by atoms with Gasteiger partial charge in [-0.1, -0.05) is 54.5 Å². The second kappa shape index (κ2) is 15.7. The number of carboxylic acids is 1. The highest BCUT2D eigenvalue weighted by atomic mass is 16.7. The molecule has 0 aliphatic carbocycles. The predicted molar refractivity (Wildman–Crippen MR) is 164 cm³/mol. The monoisotopic (exact) mass is 647 g/mol. The summed E-state index contributed by atoms with van der Waals surface area (Å²) >= 11 is 0. The minimum Gasteiger partial charge on any atom is -0.544 e. The zero-order valence-electron chi connectivity index (χ0n) is 25.1. The number of hydrogen-bond acceptors (Lipinski definition) is 11. The van der Waals surface area contributed by atoms with Crippen LogP contribution >= 0.6 is 0 Å². The Hall–Kier alpha value is -4.81. The average Bonchev–Trinajstić information content (AvgIpc) is 3.07. The van der Waals surface area contributed by atoms with Crippen LogP contribution in [0.4, 0.5) is 0 Å². The minimum atomic E-state index is -2.62. The highest BCUT2D eigenvalue weighted by molar-refractivity contribution is 5.79. The van der Waals surface area contributed by atoms with Crippen LogP contribution in [0.25, 0.3) is 11.1 Å². The van der Waals surface area contributed by atoms with Crippen LogP contribution in [0.3, 0.4) is 0 Å². The molecule has 0 aromatic heterocycles. The normalized spacial score (nSPS) is 22.0. The van der Waals surface area contributed by atoms with E-state index in [1.165, 1.54) is 0 Å². The standard InChI is InChI=1S/C34H36N2O11/c1-2-20-3-5-22(6-4-20)19-46-34(33(44)45)16-26(39)30(36-29(42)18-37)32(47-34)31(43)27(40)17-35-28(41)15-21-7-9-23(10-8-21)24-11-13-25(38)14-12-24/h1,3-14,26-27,30-32,37-40,43H,15-19H2,(H,35,41)(H,36,42)(H,44,45)/p-1/t26-,27+,30+,31+,32+,34+/m0/s1. The van der Waals surface area contributed by atoms with E-state index < -0.39 is 73.6 Å². The van der Waals surface area contributed by atoms with Gasteiger partial charge in [0, 0.05) is 18.5 Å². The lowest BCUT2D eigenvalue weighted by atomic mass is 9.88. The van der Waals surface area contributed by atoms with E-state index in [1.807, 2.05) is 0 Å². The Morgan fingerprint density at radius 2 is 1.57 bits per heavy atom. The number of phenolic OH excluding ortho intramolecular Hbond substituents is 1. The molecule has 248 valence electrons. The molecule has 0 saturated carbocycles. The summed E-state index contributed by atoms with van der Waals surface area (Å²) in [5.41, 5.74) is 3.45. The number of terminal acetylenes is 1. The molecule has 47 heavy (non-hydrogen) atoms. The minimum absolute atomic E-state index is 0.0730. The van der Waals surface area contributed by atoms with Crippen molar-refractivity contribution in [2.75, 3.05) is 13.2 Å². The Morgan fingerprint density at radius 1 is 0.979 bits per heavy atom.